The van der Waals surface area contributed by atoms with Crippen molar-refractivity contribution in [3.63, 3.8) is 0 Å². The van der Waals surface area contributed by atoms with Crippen LogP contribution in [0.5, 0.6) is 0 Å². The summed E-state index contributed by atoms with van der Waals surface area (Å²) in [6, 6.07) is 6.44. The van der Waals surface area contributed by atoms with Crippen molar-refractivity contribution < 1.29 is 0 Å². The third-order valence-electron chi connectivity index (χ3n) is 3.99. The lowest BCUT2D eigenvalue weighted by molar-refractivity contribution is 0.553. The lowest BCUT2D eigenvalue weighted by Crippen LogP contribution is -2.33. The topological polar surface area (TPSA) is 29.3 Å². The number of nitrogens with two attached hydrogens (primary N) is 1. The molecule has 1 aliphatic carbocycles. The van der Waals surface area contributed by atoms with Gasteiger partial charge in [0.1, 0.15) is 4.99 Å². The average molecular weight is 297 g/mol. The summed E-state index contributed by atoms with van der Waals surface area (Å²) < 4.78 is 0. The van der Waals surface area contributed by atoms with Crippen molar-refractivity contribution in [1.82, 2.24) is 0 Å². The molecule has 19 heavy (non-hydrogen) atoms. The number of thiocarbonyl (C=S) groups is 1. The third-order valence-corrected chi connectivity index (χ3v) is 4.51. The van der Waals surface area contributed by atoms with Gasteiger partial charge in [-0.15, -0.1) is 0 Å². The van der Waals surface area contributed by atoms with Crippen LogP contribution in [0.15, 0.2) is 18.2 Å². The smallest absolute Gasteiger partial charge is 0.107 e. The summed E-state index contributed by atoms with van der Waals surface area (Å²) in [6.07, 6.45) is 7.78. The fraction of sp³-hybridized carbons (Fsp3) is 0.533. The quantitative estimate of drug-likeness (QED) is 0.671. The summed E-state index contributed by atoms with van der Waals surface area (Å²) in [5.41, 5.74) is 7.71. The van der Waals surface area contributed by atoms with Crippen LogP contribution in [0.3, 0.4) is 0 Å². The van der Waals surface area contributed by atoms with Crippen molar-refractivity contribution in [1.29, 1.82) is 0 Å². The molecule has 1 aromatic carbocycles. The fourth-order valence-electron chi connectivity index (χ4n) is 2.89. The predicted molar refractivity (Wildman–Crippen MR) is 87.2 cm³/mol. The Labute approximate surface area is 125 Å². The van der Waals surface area contributed by atoms with Crippen LogP contribution < -0.4 is 10.6 Å². The Hall–Kier alpha value is -0.800. The molecule has 104 valence electrons. The molecular weight excluding hydrogens is 276 g/mol. The Morgan fingerprint density at radius 2 is 1.89 bits per heavy atom. The minimum Gasteiger partial charge on any atom is -0.389 e. The van der Waals surface area contributed by atoms with Crippen LogP contribution in [0.2, 0.25) is 5.02 Å². The van der Waals surface area contributed by atoms with Crippen molar-refractivity contribution in [2.24, 2.45) is 5.73 Å². The van der Waals surface area contributed by atoms with Crippen LogP contribution >= 0.6 is 23.8 Å². The normalized spacial score (nSPS) is 16.9. The zero-order chi connectivity index (χ0) is 13.8. The number of halogens is 1. The van der Waals surface area contributed by atoms with E-state index in [1.54, 1.807) is 0 Å². The number of nitrogens with zero attached hydrogens (tertiary/aromatic N) is 1. The second-order valence-electron chi connectivity index (χ2n) is 5.25. The van der Waals surface area contributed by atoms with Gasteiger partial charge in [-0.3, -0.25) is 0 Å². The SMILES string of the molecule is CN(c1cccc(Cl)c1C(N)=S)C1CCCCCC1. The number of rotatable bonds is 3. The first-order chi connectivity index (χ1) is 9.11. The Morgan fingerprint density at radius 3 is 2.47 bits per heavy atom. The van der Waals surface area contributed by atoms with E-state index in [2.05, 4.69) is 18.0 Å². The highest BCUT2D eigenvalue weighted by atomic mass is 35.5. The molecule has 1 fully saturated rings. The van der Waals surface area contributed by atoms with Gasteiger partial charge in [0.15, 0.2) is 0 Å². The van der Waals surface area contributed by atoms with Gasteiger partial charge in [0.2, 0.25) is 0 Å². The van der Waals surface area contributed by atoms with Crippen LogP contribution in [-0.2, 0) is 0 Å². The molecule has 1 aliphatic rings. The lowest BCUT2D eigenvalue weighted by atomic mass is 10.0. The van der Waals surface area contributed by atoms with Crippen LogP contribution in [0.4, 0.5) is 5.69 Å². The summed E-state index contributed by atoms with van der Waals surface area (Å²) >= 11 is 11.4. The van der Waals surface area contributed by atoms with Gasteiger partial charge in [0.05, 0.1) is 10.6 Å². The number of anilines is 1. The number of hydrogen-bond acceptors (Lipinski definition) is 2. The predicted octanol–water partition coefficient (Wildman–Crippen LogP) is 4.13. The molecule has 0 saturated heterocycles. The maximum absolute atomic E-state index is 6.25. The van der Waals surface area contributed by atoms with Gasteiger partial charge >= 0.3 is 0 Å². The van der Waals surface area contributed by atoms with E-state index in [9.17, 15) is 0 Å². The van der Waals surface area contributed by atoms with Crippen molar-refractivity contribution in [3.05, 3.63) is 28.8 Å². The Kier molecular flexibility index (Phi) is 5.06. The van der Waals surface area contributed by atoms with Crippen molar-refractivity contribution in [2.45, 2.75) is 44.6 Å². The Bertz CT molecular complexity index is 453. The Morgan fingerprint density at radius 1 is 1.26 bits per heavy atom. The highest BCUT2D eigenvalue weighted by Crippen LogP contribution is 2.31. The molecule has 2 rings (SSSR count). The van der Waals surface area contributed by atoms with Gasteiger partial charge in [-0.2, -0.15) is 0 Å². The molecule has 0 heterocycles. The van der Waals surface area contributed by atoms with Crippen LogP contribution in [-0.4, -0.2) is 18.1 Å². The summed E-state index contributed by atoms with van der Waals surface area (Å²) in [6.45, 7) is 0. The molecule has 0 unspecified atom stereocenters. The third kappa shape index (κ3) is 3.40. The Balaban J connectivity index is 2.29. The minimum atomic E-state index is 0.376. The molecule has 1 aromatic rings. The lowest BCUT2D eigenvalue weighted by Gasteiger charge is -2.31. The van der Waals surface area contributed by atoms with Gasteiger partial charge in [0, 0.05) is 18.8 Å². The van der Waals surface area contributed by atoms with Gasteiger partial charge in [-0.1, -0.05) is 55.6 Å². The molecule has 0 atom stereocenters. The summed E-state index contributed by atoms with van der Waals surface area (Å²) in [4.78, 5) is 2.69. The zero-order valence-electron chi connectivity index (χ0n) is 11.4. The molecule has 2 N–H and O–H groups in total. The molecule has 0 aliphatic heterocycles. The maximum Gasteiger partial charge on any atom is 0.107 e. The molecular formula is C15H21ClN2S. The van der Waals surface area contributed by atoms with E-state index in [4.69, 9.17) is 29.6 Å². The molecule has 2 nitrogen and oxygen atoms in total. The van der Waals surface area contributed by atoms with Gasteiger partial charge in [-0.05, 0) is 25.0 Å². The summed E-state index contributed by atoms with van der Waals surface area (Å²) in [5, 5.41) is 0.644. The molecule has 0 amide bonds. The van der Waals surface area contributed by atoms with E-state index < -0.39 is 0 Å². The summed E-state index contributed by atoms with van der Waals surface area (Å²) in [7, 11) is 2.13. The van der Waals surface area contributed by atoms with Crippen molar-refractivity contribution in [2.75, 3.05) is 11.9 Å². The van der Waals surface area contributed by atoms with Gasteiger partial charge in [0.25, 0.3) is 0 Å². The highest BCUT2D eigenvalue weighted by Gasteiger charge is 2.21. The monoisotopic (exact) mass is 296 g/mol. The van der Waals surface area contributed by atoms with E-state index >= 15 is 0 Å². The van der Waals surface area contributed by atoms with Crippen LogP contribution in [0.1, 0.15) is 44.1 Å². The van der Waals surface area contributed by atoms with Crippen LogP contribution in [0, 0.1) is 0 Å². The molecule has 0 aromatic heterocycles. The van der Waals surface area contributed by atoms with E-state index in [1.165, 1.54) is 38.5 Å². The standard InChI is InChI=1S/C15H21ClN2S/c1-18(11-7-4-2-3-5-8-11)13-10-6-9-12(16)14(13)15(17)19/h6,9-11H,2-5,7-8H2,1H3,(H2,17,19). The molecule has 4 heteroatoms. The van der Waals surface area contributed by atoms with E-state index in [0.717, 1.165) is 11.3 Å². The number of benzene rings is 1. The van der Waals surface area contributed by atoms with E-state index in [-0.39, 0.29) is 0 Å². The van der Waals surface area contributed by atoms with Crippen LogP contribution in [0.25, 0.3) is 0 Å². The zero-order valence-corrected chi connectivity index (χ0v) is 12.9. The molecule has 0 bridgehead atoms. The first-order valence-electron chi connectivity index (χ1n) is 6.92. The fourth-order valence-corrected chi connectivity index (χ4v) is 3.43. The first kappa shape index (κ1) is 14.6. The van der Waals surface area contributed by atoms with E-state index in [1.807, 2.05) is 12.1 Å². The van der Waals surface area contributed by atoms with Gasteiger partial charge < -0.3 is 10.6 Å². The van der Waals surface area contributed by atoms with E-state index in [0.29, 0.717) is 16.1 Å². The molecule has 0 spiro atoms. The maximum atomic E-state index is 6.25. The van der Waals surface area contributed by atoms with Crippen molar-refractivity contribution in [3.8, 4) is 0 Å². The van der Waals surface area contributed by atoms with Crippen molar-refractivity contribution >= 4 is 34.5 Å². The number of hydrogen-bond donors (Lipinski definition) is 1. The minimum absolute atomic E-state index is 0.376. The molecule has 0 radical (unpaired) electrons. The second kappa shape index (κ2) is 6.58. The largest absolute Gasteiger partial charge is 0.389 e. The second-order valence-corrected chi connectivity index (χ2v) is 6.10. The summed E-state index contributed by atoms with van der Waals surface area (Å²) in [5.74, 6) is 0. The molecule has 1 saturated carbocycles. The highest BCUT2D eigenvalue weighted by molar-refractivity contribution is 7.80. The van der Waals surface area contributed by atoms with Gasteiger partial charge in [-0.25, -0.2) is 0 Å². The average Bonchev–Trinajstić information content (AvgIpc) is 2.66. The first-order valence-corrected chi connectivity index (χ1v) is 7.71.